The van der Waals surface area contributed by atoms with Crippen LogP contribution in [0.2, 0.25) is 0 Å². The Labute approximate surface area is 172 Å². The molecule has 0 amide bonds. The summed E-state index contributed by atoms with van der Waals surface area (Å²) >= 11 is 0. The van der Waals surface area contributed by atoms with Crippen LogP contribution in [0.1, 0.15) is 35.1 Å². The molecule has 0 saturated carbocycles. The van der Waals surface area contributed by atoms with E-state index < -0.39 is 0 Å². The lowest BCUT2D eigenvalue weighted by Gasteiger charge is -2.26. The number of aryl methyl sites for hydroxylation is 2. The lowest BCUT2D eigenvalue weighted by atomic mass is 9.88. The summed E-state index contributed by atoms with van der Waals surface area (Å²) in [6, 6.07) is 23.7. The van der Waals surface area contributed by atoms with E-state index in [1.165, 1.54) is 44.5 Å². The average Bonchev–Trinajstić information content (AvgIpc) is 2.74. The van der Waals surface area contributed by atoms with E-state index >= 15 is 0 Å². The van der Waals surface area contributed by atoms with Gasteiger partial charge in [-0.15, -0.1) is 0 Å². The first-order valence-corrected chi connectivity index (χ1v) is 10.2. The van der Waals surface area contributed by atoms with Crippen LogP contribution < -0.4 is 4.74 Å². The molecule has 0 atom stereocenters. The Morgan fingerprint density at radius 1 is 0.793 bits per heavy atom. The Hall–Kier alpha value is -3.32. The zero-order valence-electron chi connectivity index (χ0n) is 16.9. The highest BCUT2D eigenvalue weighted by Gasteiger charge is 2.24. The maximum Gasteiger partial charge on any atom is 0.134 e. The van der Waals surface area contributed by atoms with Crippen molar-refractivity contribution in [2.24, 2.45) is 0 Å². The monoisotopic (exact) mass is 376 g/mol. The maximum absolute atomic E-state index is 6.48. The van der Waals surface area contributed by atoms with Gasteiger partial charge >= 0.3 is 0 Å². The quantitative estimate of drug-likeness (QED) is 0.450. The fourth-order valence-electron chi connectivity index (χ4n) is 4.20. The highest BCUT2D eigenvalue weighted by Crippen LogP contribution is 2.43. The van der Waals surface area contributed by atoms with Crippen LogP contribution in [0.4, 0.5) is 0 Å². The van der Waals surface area contributed by atoms with Crippen molar-refractivity contribution in [3.63, 3.8) is 0 Å². The molecule has 0 saturated heterocycles. The van der Waals surface area contributed by atoms with Crippen molar-refractivity contribution >= 4 is 11.1 Å². The SMILES string of the molecule is Cc1ccc(C)c(C2=C3\C/C(=C\C/C=C\2)c2cc(-c4ccccc4)ccc2O3)c1. The number of hydrogen-bond acceptors (Lipinski definition) is 1. The number of hydrogen-bond donors (Lipinski definition) is 0. The minimum absolute atomic E-state index is 0.832. The summed E-state index contributed by atoms with van der Waals surface area (Å²) in [4.78, 5) is 0. The number of benzene rings is 3. The molecule has 0 fully saturated rings. The fourth-order valence-corrected chi connectivity index (χ4v) is 4.20. The minimum atomic E-state index is 0.832. The molecule has 1 nitrogen and oxygen atoms in total. The molecule has 142 valence electrons. The lowest BCUT2D eigenvalue weighted by Crippen LogP contribution is -2.10. The van der Waals surface area contributed by atoms with Gasteiger partial charge in [-0.05, 0) is 60.2 Å². The van der Waals surface area contributed by atoms with Gasteiger partial charge < -0.3 is 4.74 Å². The molecule has 0 radical (unpaired) electrons. The zero-order chi connectivity index (χ0) is 19.8. The Bertz CT molecular complexity index is 1180. The van der Waals surface area contributed by atoms with Crippen LogP contribution in [0, 0.1) is 13.8 Å². The first kappa shape index (κ1) is 17.8. The van der Waals surface area contributed by atoms with Gasteiger partial charge in [-0.1, -0.05) is 78.4 Å². The number of ether oxygens (including phenoxy) is 1. The zero-order valence-corrected chi connectivity index (χ0v) is 16.9. The number of rotatable bonds is 2. The average molecular weight is 376 g/mol. The Morgan fingerprint density at radius 3 is 2.52 bits per heavy atom. The highest BCUT2D eigenvalue weighted by molar-refractivity contribution is 5.85. The minimum Gasteiger partial charge on any atom is -0.460 e. The van der Waals surface area contributed by atoms with Crippen molar-refractivity contribution in [1.29, 1.82) is 0 Å². The van der Waals surface area contributed by atoms with Crippen LogP contribution in [0.25, 0.3) is 22.3 Å². The summed E-state index contributed by atoms with van der Waals surface area (Å²) in [7, 11) is 0. The van der Waals surface area contributed by atoms with Crippen LogP contribution in [0.5, 0.6) is 5.75 Å². The van der Waals surface area contributed by atoms with Gasteiger partial charge in [0.25, 0.3) is 0 Å². The molecule has 0 aromatic heterocycles. The molecule has 5 rings (SSSR count). The molecule has 1 heterocycles. The molecule has 0 spiro atoms. The molecular formula is C28H24O. The van der Waals surface area contributed by atoms with Gasteiger partial charge in [0.05, 0.1) is 0 Å². The molecule has 1 aliphatic heterocycles. The van der Waals surface area contributed by atoms with E-state index in [0.717, 1.165) is 24.4 Å². The second-order valence-electron chi connectivity index (χ2n) is 7.88. The molecular weight excluding hydrogens is 352 g/mol. The van der Waals surface area contributed by atoms with Crippen molar-refractivity contribution in [2.75, 3.05) is 0 Å². The predicted octanol–water partition coefficient (Wildman–Crippen LogP) is 7.51. The van der Waals surface area contributed by atoms with Crippen molar-refractivity contribution in [1.82, 2.24) is 0 Å². The van der Waals surface area contributed by atoms with Gasteiger partial charge in [0.2, 0.25) is 0 Å². The molecule has 3 aromatic rings. The van der Waals surface area contributed by atoms with Crippen LogP contribution in [0.15, 0.2) is 90.7 Å². The summed E-state index contributed by atoms with van der Waals surface area (Å²) in [6.07, 6.45) is 8.58. The van der Waals surface area contributed by atoms with E-state index in [4.69, 9.17) is 4.74 Å². The molecule has 0 N–H and O–H groups in total. The van der Waals surface area contributed by atoms with Crippen LogP contribution in [0.3, 0.4) is 0 Å². The maximum atomic E-state index is 6.48. The summed E-state index contributed by atoms with van der Waals surface area (Å²) < 4.78 is 6.48. The number of fused-ring (bicyclic) bond motifs is 4. The summed E-state index contributed by atoms with van der Waals surface area (Å²) in [6.45, 7) is 4.32. The van der Waals surface area contributed by atoms with Crippen molar-refractivity contribution < 1.29 is 4.74 Å². The van der Waals surface area contributed by atoms with E-state index in [1.807, 2.05) is 0 Å². The molecule has 0 unspecified atom stereocenters. The number of allylic oxidation sites excluding steroid dienone is 5. The van der Waals surface area contributed by atoms with Gasteiger partial charge in [0, 0.05) is 17.6 Å². The third kappa shape index (κ3) is 3.34. The van der Waals surface area contributed by atoms with Gasteiger partial charge in [0.1, 0.15) is 11.5 Å². The molecule has 1 aliphatic carbocycles. The summed E-state index contributed by atoms with van der Waals surface area (Å²) in [5.41, 5.74) is 10.1. The van der Waals surface area contributed by atoms with E-state index in [1.54, 1.807) is 0 Å². The van der Waals surface area contributed by atoms with E-state index in [2.05, 4.69) is 98.8 Å². The summed E-state index contributed by atoms with van der Waals surface area (Å²) in [5, 5.41) is 0. The Balaban J connectivity index is 1.63. The third-order valence-corrected chi connectivity index (χ3v) is 5.79. The fraction of sp³-hybridized carbons (Fsp3) is 0.143. The van der Waals surface area contributed by atoms with Gasteiger partial charge in [-0.3, -0.25) is 0 Å². The first-order chi connectivity index (χ1) is 14.2. The third-order valence-electron chi connectivity index (χ3n) is 5.79. The first-order valence-electron chi connectivity index (χ1n) is 10.2. The lowest BCUT2D eigenvalue weighted by molar-refractivity contribution is 0.409. The van der Waals surface area contributed by atoms with E-state index in [0.29, 0.717) is 0 Å². The molecule has 29 heavy (non-hydrogen) atoms. The Morgan fingerprint density at radius 2 is 1.66 bits per heavy atom. The van der Waals surface area contributed by atoms with E-state index in [-0.39, 0.29) is 0 Å². The topological polar surface area (TPSA) is 9.23 Å². The second-order valence-corrected chi connectivity index (χ2v) is 7.88. The highest BCUT2D eigenvalue weighted by atomic mass is 16.5. The second kappa shape index (κ2) is 7.25. The molecule has 2 bridgehead atoms. The molecule has 2 aliphatic rings. The largest absolute Gasteiger partial charge is 0.460 e. The van der Waals surface area contributed by atoms with E-state index in [9.17, 15) is 0 Å². The predicted molar refractivity (Wildman–Crippen MR) is 122 cm³/mol. The summed E-state index contributed by atoms with van der Waals surface area (Å²) in [5.74, 6) is 2.00. The standard InChI is InChI=1S/C28H24O/c1-19-12-13-20(2)25(16-19)24-11-7-6-10-23-18-28(24)29-27-15-14-22(17-26(23)27)21-8-4-3-5-9-21/h3-5,7-17H,6,18H2,1-2H3/b11-7-,23-10+,28-24+. The Kier molecular flexibility index (Phi) is 4.44. The smallest absolute Gasteiger partial charge is 0.134 e. The van der Waals surface area contributed by atoms with Crippen molar-refractivity contribution in [2.45, 2.75) is 26.7 Å². The molecule has 3 aromatic carbocycles. The molecule has 1 heteroatoms. The van der Waals surface area contributed by atoms with Crippen LogP contribution >= 0.6 is 0 Å². The van der Waals surface area contributed by atoms with Crippen LogP contribution in [-0.4, -0.2) is 0 Å². The van der Waals surface area contributed by atoms with Crippen molar-refractivity contribution in [3.8, 4) is 16.9 Å². The van der Waals surface area contributed by atoms with Gasteiger partial charge in [-0.25, -0.2) is 0 Å². The van der Waals surface area contributed by atoms with Crippen molar-refractivity contribution in [3.05, 3.63) is 113 Å². The normalized spacial score (nSPS) is 20.6. The van der Waals surface area contributed by atoms with Gasteiger partial charge in [0.15, 0.2) is 0 Å². The van der Waals surface area contributed by atoms with Gasteiger partial charge in [-0.2, -0.15) is 0 Å². The van der Waals surface area contributed by atoms with Crippen LogP contribution in [-0.2, 0) is 0 Å².